The second-order valence-electron chi connectivity index (χ2n) is 3.25. The van der Waals surface area contributed by atoms with Gasteiger partial charge >= 0.3 is 5.97 Å². The zero-order valence-electron chi connectivity index (χ0n) is 8.59. The van der Waals surface area contributed by atoms with E-state index >= 15 is 0 Å². The molecule has 0 fully saturated rings. The largest absolute Gasteiger partial charge is 0.459 e. The molecule has 0 amide bonds. The number of hydrogen-bond donors (Lipinski definition) is 0. The van der Waals surface area contributed by atoms with Crippen LogP contribution in [0.15, 0.2) is 18.2 Å². The number of ether oxygens (including phenoxy) is 1. The molecule has 0 heterocycles. The van der Waals surface area contributed by atoms with Gasteiger partial charge in [-0.3, -0.25) is 0 Å². The maximum absolute atomic E-state index is 13.2. The molecule has 1 aromatic rings. The van der Waals surface area contributed by atoms with E-state index in [1.807, 2.05) is 6.92 Å². The van der Waals surface area contributed by atoms with Crippen LogP contribution in [0.5, 0.6) is 0 Å². The third kappa shape index (κ3) is 3.20. The van der Waals surface area contributed by atoms with Crippen LogP contribution in [0.3, 0.4) is 0 Å². The van der Waals surface area contributed by atoms with E-state index in [-0.39, 0.29) is 11.7 Å². The van der Waals surface area contributed by atoms with Gasteiger partial charge in [-0.05, 0) is 31.5 Å². The minimum absolute atomic E-state index is 0.122. The van der Waals surface area contributed by atoms with Crippen molar-refractivity contribution in [2.24, 2.45) is 0 Å². The summed E-state index contributed by atoms with van der Waals surface area (Å²) in [6.07, 6.45) is 0.462. The molecule has 0 saturated carbocycles. The molecule has 2 nitrogen and oxygen atoms in total. The molecule has 0 aromatic heterocycles. The Morgan fingerprint density at radius 1 is 1.60 bits per heavy atom. The highest BCUT2D eigenvalue weighted by molar-refractivity contribution is 6.30. The fourth-order valence-electron chi connectivity index (χ4n) is 0.983. The molecule has 0 saturated heterocycles. The lowest BCUT2D eigenvalue weighted by Gasteiger charge is -2.11. The summed E-state index contributed by atoms with van der Waals surface area (Å²) in [5.41, 5.74) is -0.122. The van der Waals surface area contributed by atoms with Gasteiger partial charge in [0.25, 0.3) is 0 Å². The molecule has 15 heavy (non-hydrogen) atoms. The van der Waals surface area contributed by atoms with Crippen molar-refractivity contribution in [1.82, 2.24) is 0 Å². The van der Waals surface area contributed by atoms with Gasteiger partial charge in [0.2, 0.25) is 0 Å². The predicted octanol–water partition coefficient (Wildman–Crippen LogP) is 3.43. The van der Waals surface area contributed by atoms with Crippen LogP contribution in [0.2, 0.25) is 5.02 Å². The number of esters is 1. The summed E-state index contributed by atoms with van der Waals surface area (Å²) in [5.74, 6) is -1.29. The summed E-state index contributed by atoms with van der Waals surface area (Å²) in [4.78, 5) is 11.5. The first-order valence-electron chi connectivity index (χ1n) is 4.70. The summed E-state index contributed by atoms with van der Waals surface area (Å²) in [5, 5.41) is 0.313. The Labute approximate surface area is 93.0 Å². The molecule has 0 bridgehead atoms. The van der Waals surface area contributed by atoms with Crippen molar-refractivity contribution in [3.05, 3.63) is 34.6 Å². The van der Waals surface area contributed by atoms with Gasteiger partial charge in [-0.1, -0.05) is 18.5 Å². The van der Waals surface area contributed by atoms with Crippen LogP contribution < -0.4 is 0 Å². The molecule has 1 atom stereocenters. The molecular formula is C11H12ClFO2. The van der Waals surface area contributed by atoms with Crippen molar-refractivity contribution < 1.29 is 13.9 Å². The molecule has 0 aliphatic carbocycles. The van der Waals surface area contributed by atoms with Crippen molar-refractivity contribution >= 4 is 17.6 Å². The van der Waals surface area contributed by atoms with E-state index in [9.17, 15) is 9.18 Å². The highest BCUT2D eigenvalue weighted by Crippen LogP contribution is 2.16. The highest BCUT2D eigenvalue weighted by atomic mass is 35.5. The van der Waals surface area contributed by atoms with Crippen molar-refractivity contribution in [3.8, 4) is 0 Å². The zero-order valence-corrected chi connectivity index (χ0v) is 9.34. The van der Waals surface area contributed by atoms with Crippen LogP contribution in [0, 0.1) is 5.82 Å². The Balaban J connectivity index is 2.86. The number of carbonyl (C=O) groups is 1. The van der Waals surface area contributed by atoms with E-state index in [4.69, 9.17) is 16.3 Å². The van der Waals surface area contributed by atoms with Gasteiger partial charge in [-0.25, -0.2) is 9.18 Å². The minimum atomic E-state index is -0.677. The number of hydrogen-bond acceptors (Lipinski definition) is 2. The van der Waals surface area contributed by atoms with Gasteiger partial charge in [-0.2, -0.15) is 0 Å². The highest BCUT2D eigenvalue weighted by Gasteiger charge is 2.15. The van der Waals surface area contributed by atoms with E-state index in [1.165, 1.54) is 12.1 Å². The average molecular weight is 231 g/mol. The summed E-state index contributed by atoms with van der Waals surface area (Å²) in [7, 11) is 0. The van der Waals surface area contributed by atoms with Gasteiger partial charge in [0.15, 0.2) is 0 Å². The van der Waals surface area contributed by atoms with Crippen molar-refractivity contribution in [1.29, 1.82) is 0 Å². The molecular weight excluding hydrogens is 219 g/mol. The predicted molar refractivity (Wildman–Crippen MR) is 56.6 cm³/mol. The summed E-state index contributed by atoms with van der Waals surface area (Å²) in [6, 6.07) is 3.80. The van der Waals surface area contributed by atoms with Crippen LogP contribution in [0.4, 0.5) is 4.39 Å². The lowest BCUT2D eigenvalue weighted by molar-refractivity contribution is 0.0329. The van der Waals surface area contributed by atoms with E-state index < -0.39 is 11.8 Å². The van der Waals surface area contributed by atoms with Gasteiger partial charge in [0.05, 0.1) is 11.7 Å². The summed E-state index contributed by atoms with van der Waals surface area (Å²) < 4.78 is 18.2. The van der Waals surface area contributed by atoms with Gasteiger partial charge in [-0.15, -0.1) is 0 Å². The van der Waals surface area contributed by atoms with Crippen LogP contribution in [0.1, 0.15) is 30.6 Å². The Hall–Kier alpha value is -1.09. The second-order valence-corrected chi connectivity index (χ2v) is 3.68. The molecule has 0 radical (unpaired) electrons. The fraction of sp³-hybridized carbons (Fsp3) is 0.364. The van der Waals surface area contributed by atoms with E-state index in [0.29, 0.717) is 11.4 Å². The van der Waals surface area contributed by atoms with Crippen molar-refractivity contribution in [3.63, 3.8) is 0 Å². The van der Waals surface area contributed by atoms with E-state index in [2.05, 4.69) is 0 Å². The van der Waals surface area contributed by atoms with Crippen LogP contribution >= 0.6 is 11.6 Å². The third-order valence-electron chi connectivity index (χ3n) is 2.03. The molecule has 0 aliphatic heterocycles. The summed E-state index contributed by atoms with van der Waals surface area (Å²) in [6.45, 7) is 3.63. The lowest BCUT2D eigenvalue weighted by Crippen LogP contribution is -2.15. The molecule has 0 spiro atoms. The quantitative estimate of drug-likeness (QED) is 0.744. The van der Waals surface area contributed by atoms with Crippen molar-refractivity contribution in [2.75, 3.05) is 0 Å². The SMILES string of the molecule is CCC(C)OC(=O)c1cc(Cl)ccc1F. The zero-order chi connectivity index (χ0) is 11.4. The van der Waals surface area contributed by atoms with E-state index in [1.54, 1.807) is 6.92 Å². The van der Waals surface area contributed by atoms with Gasteiger partial charge < -0.3 is 4.74 Å². The average Bonchev–Trinajstić information content (AvgIpc) is 2.21. The first kappa shape index (κ1) is 12.0. The summed E-state index contributed by atoms with van der Waals surface area (Å²) >= 11 is 5.66. The Kier molecular flexibility index (Phi) is 4.09. The van der Waals surface area contributed by atoms with Crippen LogP contribution in [0.25, 0.3) is 0 Å². The van der Waals surface area contributed by atoms with E-state index in [0.717, 1.165) is 6.07 Å². The van der Waals surface area contributed by atoms with Crippen molar-refractivity contribution in [2.45, 2.75) is 26.4 Å². The first-order valence-corrected chi connectivity index (χ1v) is 5.08. The Bertz CT molecular complexity index is 366. The molecule has 0 aliphatic rings. The number of benzene rings is 1. The fourth-order valence-corrected chi connectivity index (χ4v) is 1.16. The number of halogens is 2. The maximum Gasteiger partial charge on any atom is 0.341 e. The molecule has 4 heteroatoms. The minimum Gasteiger partial charge on any atom is -0.459 e. The lowest BCUT2D eigenvalue weighted by atomic mass is 10.2. The molecule has 0 N–H and O–H groups in total. The Morgan fingerprint density at radius 3 is 2.87 bits per heavy atom. The normalized spacial score (nSPS) is 12.3. The number of rotatable bonds is 3. The Morgan fingerprint density at radius 2 is 2.27 bits per heavy atom. The standard InChI is InChI=1S/C11H12ClFO2/c1-3-7(2)15-11(14)9-6-8(12)4-5-10(9)13/h4-7H,3H2,1-2H3. The molecule has 82 valence electrons. The second kappa shape index (κ2) is 5.12. The third-order valence-corrected chi connectivity index (χ3v) is 2.27. The smallest absolute Gasteiger partial charge is 0.341 e. The number of carbonyl (C=O) groups excluding carboxylic acids is 1. The van der Waals surface area contributed by atoms with Crippen LogP contribution in [-0.2, 0) is 4.74 Å². The van der Waals surface area contributed by atoms with Crippen LogP contribution in [-0.4, -0.2) is 12.1 Å². The monoisotopic (exact) mass is 230 g/mol. The molecule has 1 rings (SSSR count). The first-order chi connectivity index (χ1) is 7.04. The van der Waals surface area contributed by atoms with Gasteiger partial charge in [0.1, 0.15) is 5.82 Å². The van der Waals surface area contributed by atoms with Gasteiger partial charge in [0, 0.05) is 5.02 Å². The maximum atomic E-state index is 13.2. The molecule has 1 unspecified atom stereocenters. The molecule has 1 aromatic carbocycles. The topological polar surface area (TPSA) is 26.3 Å².